The Labute approximate surface area is 139 Å². The van der Waals surface area contributed by atoms with Crippen molar-refractivity contribution in [1.82, 2.24) is 0 Å². The SMILES string of the molecule is CCCCCCCC[Si](OCC)(OCC)OCC.[O-2].[Zn+2]. The Morgan fingerprint density at radius 2 is 1.05 bits per heavy atom. The van der Waals surface area contributed by atoms with E-state index in [1.165, 1.54) is 32.1 Å². The summed E-state index contributed by atoms with van der Waals surface area (Å²) in [5, 5.41) is 0. The maximum absolute atomic E-state index is 5.83. The minimum absolute atomic E-state index is 0. The van der Waals surface area contributed by atoms with Crippen LogP contribution >= 0.6 is 0 Å². The molecule has 0 bridgehead atoms. The van der Waals surface area contributed by atoms with Crippen LogP contribution in [-0.4, -0.2) is 28.6 Å². The van der Waals surface area contributed by atoms with Gasteiger partial charge >= 0.3 is 28.3 Å². The average Bonchev–Trinajstić information content (AvgIpc) is 2.35. The summed E-state index contributed by atoms with van der Waals surface area (Å²) in [7, 11) is -2.36. The molecule has 4 nitrogen and oxygen atoms in total. The summed E-state index contributed by atoms with van der Waals surface area (Å²) in [6.45, 7) is 10.3. The summed E-state index contributed by atoms with van der Waals surface area (Å²) in [6, 6.07) is 0.967. The normalized spacial score (nSPS) is 10.8. The van der Waals surface area contributed by atoms with E-state index in [1.54, 1.807) is 0 Å². The molecule has 20 heavy (non-hydrogen) atoms. The molecule has 0 saturated heterocycles. The largest absolute Gasteiger partial charge is 2.00 e. The van der Waals surface area contributed by atoms with Crippen LogP contribution in [0.4, 0.5) is 0 Å². The molecule has 0 unspecified atom stereocenters. The van der Waals surface area contributed by atoms with Gasteiger partial charge in [-0.2, -0.15) is 0 Å². The van der Waals surface area contributed by atoms with E-state index >= 15 is 0 Å². The van der Waals surface area contributed by atoms with Crippen molar-refractivity contribution >= 4 is 8.80 Å². The first-order chi connectivity index (χ1) is 8.74. The maximum atomic E-state index is 5.83. The van der Waals surface area contributed by atoms with E-state index < -0.39 is 8.80 Å². The molecule has 0 rings (SSSR count). The first-order valence-corrected chi connectivity index (χ1v) is 9.59. The zero-order valence-corrected chi connectivity index (χ0v) is 17.9. The van der Waals surface area contributed by atoms with Crippen LogP contribution in [0.2, 0.25) is 6.04 Å². The van der Waals surface area contributed by atoms with Crippen LogP contribution in [0, 0.1) is 0 Å². The molecule has 0 heterocycles. The van der Waals surface area contributed by atoms with Crippen LogP contribution in [0.3, 0.4) is 0 Å². The van der Waals surface area contributed by atoms with Gasteiger partial charge in [0.05, 0.1) is 0 Å². The molecule has 118 valence electrons. The predicted octanol–water partition coefficient (Wildman–Crippen LogP) is 4.27. The fourth-order valence-electron chi connectivity index (χ4n) is 2.12. The Kier molecular flexibility index (Phi) is 22.7. The van der Waals surface area contributed by atoms with Gasteiger partial charge in [0.15, 0.2) is 0 Å². The zero-order valence-electron chi connectivity index (χ0n) is 13.9. The van der Waals surface area contributed by atoms with Gasteiger partial charge in [-0.3, -0.25) is 0 Å². The molecule has 0 aliphatic heterocycles. The van der Waals surface area contributed by atoms with Gasteiger partial charge in [-0.25, -0.2) is 0 Å². The molecular formula is C14H32O4SiZn. The maximum Gasteiger partial charge on any atom is 2.00 e. The molecular weight excluding hydrogens is 326 g/mol. The van der Waals surface area contributed by atoms with Gasteiger partial charge < -0.3 is 18.8 Å². The van der Waals surface area contributed by atoms with Gasteiger partial charge in [-0.15, -0.1) is 0 Å². The van der Waals surface area contributed by atoms with E-state index in [2.05, 4.69) is 6.92 Å². The Hall–Kier alpha value is 0.680. The quantitative estimate of drug-likeness (QED) is 0.365. The average molecular weight is 358 g/mol. The van der Waals surface area contributed by atoms with Crippen LogP contribution in [0.5, 0.6) is 0 Å². The van der Waals surface area contributed by atoms with Crippen LogP contribution in [-0.2, 0) is 38.2 Å². The molecule has 0 aromatic rings. The van der Waals surface area contributed by atoms with Gasteiger partial charge in [0.1, 0.15) is 0 Å². The Morgan fingerprint density at radius 3 is 1.45 bits per heavy atom. The Morgan fingerprint density at radius 1 is 0.650 bits per heavy atom. The molecule has 0 fully saturated rings. The van der Waals surface area contributed by atoms with E-state index in [0.717, 1.165) is 12.5 Å². The summed E-state index contributed by atoms with van der Waals surface area (Å²) in [6.07, 6.45) is 7.75. The van der Waals surface area contributed by atoms with Crippen LogP contribution in [0.15, 0.2) is 0 Å². The predicted molar refractivity (Wildman–Crippen MR) is 79.5 cm³/mol. The van der Waals surface area contributed by atoms with Crippen molar-refractivity contribution in [3.8, 4) is 0 Å². The fraction of sp³-hybridized carbons (Fsp3) is 1.00. The fourth-order valence-corrected chi connectivity index (χ4v) is 4.81. The second-order valence-corrected chi connectivity index (χ2v) is 7.23. The standard InChI is InChI=1S/C14H32O3Si.O.Zn/c1-5-9-10-11-12-13-14-18(15-6-2,16-7-3)17-8-4;;/h5-14H2,1-4H3;;/q;-2;+2. The number of hydrogen-bond acceptors (Lipinski definition) is 3. The van der Waals surface area contributed by atoms with Crippen LogP contribution < -0.4 is 0 Å². The molecule has 0 aliphatic carbocycles. The van der Waals surface area contributed by atoms with Crippen molar-refractivity contribution in [2.75, 3.05) is 19.8 Å². The molecule has 0 spiro atoms. The molecule has 0 aliphatic rings. The summed E-state index contributed by atoms with van der Waals surface area (Å²) >= 11 is 0. The van der Waals surface area contributed by atoms with E-state index in [1.807, 2.05) is 20.8 Å². The first-order valence-electron chi connectivity index (χ1n) is 7.66. The van der Waals surface area contributed by atoms with E-state index in [9.17, 15) is 0 Å². The monoisotopic (exact) mass is 356 g/mol. The summed E-state index contributed by atoms with van der Waals surface area (Å²) in [4.78, 5) is 0. The zero-order chi connectivity index (χ0) is 13.7. The first kappa shape index (κ1) is 25.6. The Bertz CT molecular complexity index is 168. The molecule has 0 radical (unpaired) electrons. The summed E-state index contributed by atoms with van der Waals surface area (Å²) < 4.78 is 17.5. The molecule has 0 aromatic heterocycles. The van der Waals surface area contributed by atoms with Crippen molar-refractivity contribution in [3.05, 3.63) is 0 Å². The topological polar surface area (TPSA) is 56.2 Å². The van der Waals surface area contributed by atoms with Gasteiger partial charge in [0, 0.05) is 25.9 Å². The smallest absolute Gasteiger partial charge is 2.00 e. The third kappa shape index (κ3) is 12.4. The minimum Gasteiger partial charge on any atom is -2.00 e. The molecule has 6 heteroatoms. The molecule has 0 saturated carbocycles. The van der Waals surface area contributed by atoms with Gasteiger partial charge in [0.25, 0.3) is 0 Å². The van der Waals surface area contributed by atoms with Crippen LogP contribution in [0.1, 0.15) is 66.2 Å². The van der Waals surface area contributed by atoms with Crippen molar-refractivity contribution in [1.29, 1.82) is 0 Å². The third-order valence-electron chi connectivity index (χ3n) is 2.93. The second-order valence-electron chi connectivity index (χ2n) is 4.50. The van der Waals surface area contributed by atoms with Crippen molar-refractivity contribution in [2.45, 2.75) is 72.3 Å². The van der Waals surface area contributed by atoms with Crippen molar-refractivity contribution in [3.63, 3.8) is 0 Å². The minimum atomic E-state index is -2.36. The summed E-state index contributed by atoms with van der Waals surface area (Å²) in [5.41, 5.74) is 0. The second kappa shape index (κ2) is 17.7. The molecule has 0 N–H and O–H groups in total. The Balaban J connectivity index is -0.00000144. The number of unbranched alkanes of at least 4 members (excludes halogenated alkanes) is 5. The summed E-state index contributed by atoms with van der Waals surface area (Å²) in [5.74, 6) is 0. The van der Waals surface area contributed by atoms with E-state index in [0.29, 0.717) is 19.8 Å². The van der Waals surface area contributed by atoms with Gasteiger partial charge in [-0.05, 0) is 27.2 Å². The number of hydrogen-bond donors (Lipinski definition) is 0. The molecule has 0 atom stereocenters. The van der Waals surface area contributed by atoms with Gasteiger partial charge in [0.2, 0.25) is 0 Å². The third-order valence-corrected chi connectivity index (χ3v) is 6.08. The van der Waals surface area contributed by atoms with Gasteiger partial charge in [-0.1, -0.05) is 39.0 Å². The van der Waals surface area contributed by atoms with Crippen molar-refractivity contribution in [2.24, 2.45) is 0 Å². The van der Waals surface area contributed by atoms with Crippen molar-refractivity contribution < 1.29 is 38.2 Å². The van der Waals surface area contributed by atoms with E-state index in [-0.39, 0.29) is 25.0 Å². The van der Waals surface area contributed by atoms with E-state index in [4.69, 9.17) is 13.3 Å². The van der Waals surface area contributed by atoms with Crippen LogP contribution in [0.25, 0.3) is 0 Å². The number of rotatable bonds is 13. The molecule has 0 aromatic carbocycles. The molecule has 0 amide bonds.